The van der Waals surface area contributed by atoms with Crippen LogP contribution < -0.4 is 10.1 Å². The summed E-state index contributed by atoms with van der Waals surface area (Å²) in [6.07, 6.45) is -0.475. The minimum absolute atomic E-state index is 0.475. The number of ether oxygens (including phenoxy) is 2. The van der Waals surface area contributed by atoms with E-state index in [4.69, 9.17) is 9.47 Å². The van der Waals surface area contributed by atoms with E-state index in [0.29, 0.717) is 5.69 Å². The van der Waals surface area contributed by atoms with Gasteiger partial charge in [0.25, 0.3) is 0 Å². The molecule has 2 atom stereocenters. The van der Waals surface area contributed by atoms with Crippen LogP contribution in [0.4, 0.5) is 5.69 Å². The number of nitrogens with one attached hydrogen (secondary N) is 1. The van der Waals surface area contributed by atoms with Crippen LogP contribution in [0.2, 0.25) is 0 Å². The Morgan fingerprint density at radius 1 is 1.33 bits per heavy atom. The third-order valence-electron chi connectivity index (χ3n) is 3.10. The van der Waals surface area contributed by atoms with E-state index in [1.807, 2.05) is 0 Å². The van der Waals surface area contributed by atoms with Gasteiger partial charge < -0.3 is 19.9 Å². The number of aliphatic carboxylic acids is 1. The Morgan fingerprint density at radius 2 is 1.89 bits per heavy atom. The fourth-order valence-electron chi connectivity index (χ4n) is 1.54. The minimum Gasteiger partial charge on any atom is -0.497 e. The predicted octanol–water partition coefficient (Wildman–Crippen LogP) is 1.99. The first-order valence-electron chi connectivity index (χ1n) is 5.62. The lowest BCUT2D eigenvalue weighted by Crippen LogP contribution is -2.52. The van der Waals surface area contributed by atoms with E-state index >= 15 is 0 Å². The summed E-state index contributed by atoms with van der Waals surface area (Å²) >= 11 is 0. The number of hydrogen-bond acceptors (Lipinski definition) is 4. The Hall–Kier alpha value is -1.75. The summed E-state index contributed by atoms with van der Waals surface area (Å²) in [5, 5.41) is 12.3. The smallest absolute Gasteiger partial charge is 0.331 e. The van der Waals surface area contributed by atoms with Crippen molar-refractivity contribution in [2.24, 2.45) is 0 Å². The van der Waals surface area contributed by atoms with Crippen LogP contribution in [-0.2, 0) is 9.53 Å². The van der Waals surface area contributed by atoms with Crippen molar-refractivity contribution in [1.82, 2.24) is 0 Å². The molecule has 100 valence electrons. The Balaban J connectivity index is 2.93. The zero-order chi connectivity index (χ0) is 13.8. The fraction of sp³-hybridized carbons (Fsp3) is 0.462. The predicted molar refractivity (Wildman–Crippen MR) is 69.1 cm³/mol. The van der Waals surface area contributed by atoms with Gasteiger partial charge in [-0.05, 0) is 38.1 Å². The minimum atomic E-state index is -1.19. The lowest BCUT2D eigenvalue weighted by molar-refractivity contribution is -0.146. The molecule has 1 aromatic carbocycles. The van der Waals surface area contributed by atoms with Crippen LogP contribution in [0.1, 0.15) is 13.8 Å². The van der Waals surface area contributed by atoms with Gasteiger partial charge in [-0.15, -0.1) is 0 Å². The van der Waals surface area contributed by atoms with Gasteiger partial charge in [0.2, 0.25) is 0 Å². The molecule has 5 nitrogen and oxygen atoms in total. The number of carbonyl (C=O) groups is 1. The van der Waals surface area contributed by atoms with Crippen molar-refractivity contribution in [3.05, 3.63) is 24.3 Å². The van der Waals surface area contributed by atoms with Crippen molar-refractivity contribution in [3.8, 4) is 5.75 Å². The molecular weight excluding hydrogens is 234 g/mol. The quantitative estimate of drug-likeness (QED) is 0.811. The van der Waals surface area contributed by atoms with E-state index < -0.39 is 17.6 Å². The van der Waals surface area contributed by atoms with Gasteiger partial charge in [-0.2, -0.15) is 0 Å². The topological polar surface area (TPSA) is 67.8 Å². The van der Waals surface area contributed by atoms with Gasteiger partial charge in [-0.1, -0.05) is 0 Å². The summed E-state index contributed by atoms with van der Waals surface area (Å²) in [5.74, 6) is -0.245. The van der Waals surface area contributed by atoms with Crippen LogP contribution in [0.15, 0.2) is 24.3 Å². The molecule has 0 saturated heterocycles. The molecule has 0 amide bonds. The van der Waals surface area contributed by atoms with E-state index in [1.165, 1.54) is 7.11 Å². The summed E-state index contributed by atoms with van der Waals surface area (Å²) in [5.41, 5.74) is -0.492. The molecule has 2 N–H and O–H groups in total. The zero-order valence-corrected chi connectivity index (χ0v) is 11.1. The van der Waals surface area contributed by atoms with Gasteiger partial charge in [-0.3, -0.25) is 0 Å². The van der Waals surface area contributed by atoms with Crippen LogP contribution in [0.5, 0.6) is 5.75 Å². The molecule has 2 unspecified atom stereocenters. The Kier molecular flexibility index (Phi) is 4.55. The highest BCUT2D eigenvalue weighted by molar-refractivity contribution is 5.83. The number of benzene rings is 1. The monoisotopic (exact) mass is 253 g/mol. The summed E-state index contributed by atoms with van der Waals surface area (Å²) < 4.78 is 10.2. The molecule has 18 heavy (non-hydrogen) atoms. The maximum absolute atomic E-state index is 11.4. The Morgan fingerprint density at radius 3 is 2.28 bits per heavy atom. The second-order valence-electron chi connectivity index (χ2n) is 4.24. The first-order valence-corrected chi connectivity index (χ1v) is 5.62. The largest absolute Gasteiger partial charge is 0.497 e. The first-order chi connectivity index (χ1) is 8.43. The van der Waals surface area contributed by atoms with E-state index in [9.17, 15) is 9.90 Å². The average molecular weight is 253 g/mol. The van der Waals surface area contributed by atoms with Gasteiger partial charge in [-0.25, -0.2) is 4.79 Å². The van der Waals surface area contributed by atoms with Crippen molar-refractivity contribution in [2.45, 2.75) is 25.5 Å². The van der Waals surface area contributed by atoms with Crippen LogP contribution in [0.25, 0.3) is 0 Å². The number of methoxy groups -OCH3 is 2. The van der Waals surface area contributed by atoms with Gasteiger partial charge in [0, 0.05) is 12.8 Å². The van der Waals surface area contributed by atoms with Gasteiger partial charge >= 0.3 is 5.97 Å². The van der Waals surface area contributed by atoms with Crippen LogP contribution >= 0.6 is 0 Å². The highest BCUT2D eigenvalue weighted by Gasteiger charge is 2.39. The van der Waals surface area contributed by atoms with Gasteiger partial charge in [0.15, 0.2) is 5.54 Å². The molecule has 0 aliphatic carbocycles. The second kappa shape index (κ2) is 5.73. The van der Waals surface area contributed by atoms with Crippen molar-refractivity contribution < 1.29 is 19.4 Å². The van der Waals surface area contributed by atoms with Crippen molar-refractivity contribution in [1.29, 1.82) is 0 Å². The van der Waals surface area contributed by atoms with E-state index in [-0.39, 0.29) is 0 Å². The molecule has 0 radical (unpaired) electrons. The van der Waals surface area contributed by atoms with Crippen LogP contribution in [-0.4, -0.2) is 36.9 Å². The number of hydrogen-bond donors (Lipinski definition) is 2. The summed E-state index contributed by atoms with van der Waals surface area (Å²) in [4.78, 5) is 11.4. The van der Waals surface area contributed by atoms with Crippen molar-refractivity contribution in [2.75, 3.05) is 19.5 Å². The maximum atomic E-state index is 11.4. The van der Waals surface area contributed by atoms with E-state index in [2.05, 4.69) is 5.32 Å². The standard InChI is InChI=1S/C13H19NO4/c1-9(17-3)13(2,12(15)16)14-10-5-7-11(18-4)8-6-10/h5-9,14H,1-4H3,(H,15,16). The molecule has 0 spiro atoms. The van der Waals surface area contributed by atoms with E-state index in [1.54, 1.807) is 45.2 Å². The molecule has 1 rings (SSSR count). The first kappa shape index (κ1) is 14.3. The average Bonchev–Trinajstić information content (AvgIpc) is 2.38. The molecule has 0 bridgehead atoms. The number of rotatable bonds is 6. The Labute approximate surface area is 107 Å². The number of anilines is 1. The molecule has 0 heterocycles. The maximum Gasteiger partial charge on any atom is 0.331 e. The summed E-state index contributed by atoms with van der Waals surface area (Å²) in [7, 11) is 3.07. The molecule has 0 aliphatic rings. The molecular formula is C13H19NO4. The SMILES string of the molecule is COc1ccc(NC(C)(C(=O)O)C(C)OC)cc1. The third kappa shape index (κ3) is 2.92. The Bertz CT molecular complexity index is 404. The lowest BCUT2D eigenvalue weighted by atomic mass is 9.95. The van der Waals surface area contributed by atoms with Crippen molar-refractivity contribution >= 4 is 11.7 Å². The fourth-order valence-corrected chi connectivity index (χ4v) is 1.54. The van der Waals surface area contributed by atoms with Crippen molar-refractivity contribution in [3.63, 3.8) is 0 Å². The van der Waals surface area contributed by atoms with Crippen LogP contribution in [0.3, 0.4) is 0 Å². The second-order valence-corrected chi connectivity index (χ2v) is 4.24. The third-order valence-corrected chi connectivity index (χ3v) is 3.10. The highest BCUT2D eigenvalue weighted by atomic mass is 16.5. The molecule has 0 aliphatic heterocycles. The van der Waals surface area contributed by atoms with Gasteiger partial charge in [0.1, 0.15) is 5.75 Å². The molecule has 5 heteroatoms. The highest BCUT2D eigenvalue weighted by Crippen LogP contribution is 2.23. The lowest BCUT2D eigenvalue weighted by Gasteiger charge is -2.32. The molecule has 0 saturated carbocycles. The molecule has 1 aromatic rings. The zero-order valence-electron chi connectivity index (χ0n) is 11.1. The van der Waals surface area contributed by atoms with Gasteiger partial charge in [0.05, 0.1) is 13.2 Å². The number of carboxylic acids is 1. The summed E-state index contributed by atoms with van der Waals surface area (Å²) in [6.45, 7) is 3.30. The molecule has 0 fully saturated rings. The normalized spacial score (nSPS) is 15.6. The summed E-state index contributed by atoms with van der Waals surface area (Å²) in [6, 6.07) is 7.06. The van der Waals surface area contributed by atoms with Crippen LogP contribution in [0, 0.1) is 0 Å². The van der Waals surface area contributed by atoms with E-state index in [0.717, 1.165) is 5.75 Å². The molecule has 0 aromatic heterocycles. The number of carboxylic acid groups (broad SMARTS) is 1.